The molecule has 0 radical (unpaired) electrons. The maximum atomic E-state index is 11.8. The smallest absolute Gasteiger partial charge is 0.242 e. The van der Waals surface area contributed by atoms with Crippen LogP contribution in [0.25, 0.3) is 0 Å². The van der Waals surface area contributed by atoms with Crippen molar-refractivity contribution in [1.29, 1.82) is 0 Å². The maximum absolute atomic E-state index is 11.8. The zero-order valence-corrected chi connectivity index (χ0v) is 11.4. The molecule has 1 rings (SSSR count). The molecule has 0 spiro atoms. The summed E-state index contributed by atoms with van der Waals surface area (Å²) < 4.78 is 0.159. The Morgan fingerprint density at radius 1 is 1.25 bits per heavy atom. The third kappa shape index (κ3) is 2.42. The van der Waals surface area contributed by atoms with Gasteiger partial charge in [-0.15, -0.1) is 11.8 Å². The first-order chi connectivity index (χ1) is 7.49. The van der Waals surface area contributed by atoms with Crippen LogP contribution in [0.1, 0.15) is 46.5 Å². The number of carbonyl (C=O) groups is 2. The van der Waals surface area contributed by atoms with Gasteiger partial charge in [0.15, 0.2) is 0 Å². The molecule has 1 fully saturated rings. The summed E-state index contributed by atoms with van der Waals surface area (Å²) in [4.78, 5) is 24.5. The fraction of sp³-hybridized carbons (Fsp3) is 0.833. The normalized spacial score (nSPS) is 22.0. The van der Waals surface area contributed by atoms with E-state index < -0.39 is 0 Å². The second-order valence-corrected chi connectivity index (χ2v) is 6.02. The van der Waals surface area contributed by atoms with Gasteiger partial charge in [0.1, 0.15) is 0 Å². The van der Waals surface area contributed by atoms with E-state index in [0.717, 1.165) is 19.3 Å². The van der Waals surface area contributed by atoms with Crippen LogP contribution in [0.15, 0.2) is 0 Å². The number of hydrogen-bond acceptors (Lipinski definition) is 3. The summed E-state index contributed by atoms with van der Waals surface area (Å²) in [5.74, 6) is -0.0607. The molecule has 2 amide bonds. The Bertz CT molecular complexity index is 278. The summed E-state index contributed by atoms with van der Waals surface area (Å²) in [5.41, 5.74) is 0. The van der Waals surface area contributed by atoms with Gasteiger partial charge < -0.3 is 0 Å². The summed E-state index contributed by atoms with van der Waals surface area (Å²) in [6.45, 7) is 6.47. The molecule has 1 aliphatic heterocycles. The monoisotopic (exact) mass is 243 g/mol. The molecule has 0 aromatic carbocycles. The first-order valence-electron chi connectivity index (χ1n) is 5.97. The SMILES string of the molecule is CCC(CC)(CC)SC1CC(=O)N(C)C1=O. The van der Waals surface area contributed by atoms with Gasteiger partial charge in [-0.1, -0.05) is 20.8 Å². The van der Waals surface area contributed by atoms with E-state index in [1.54, 1.807) is 18.8 Å². The molecule has 0 bridgehead atoms. The van der Waals surface area contributed by atoms with Crippen molar-refractivity contribution >= 4 is 23.6 Å². The van der Waals surface area contributed by atoms with Gasteiger partial charge in [-0.2, -0.15) is 0 Å². The van der Waals surface area contributed by atoms with Crippen molar-refractivity contribution < 1.29 is 9.59 Å². The maximum Gasteiger partial charge on any atom is 0.242 e. The number of carbonyl (C=O) groups excluding carboxylic acids is 2. The molecule has 16 heavy (non-hydrogen) atoms. The Kier molecular flexibility index (Phi) is 4.42. The van der Waals surface area contributed by atoms with Crippen molar-refractivity contribution in [2.75, 3.05) is 7.05 Å². The highest BCUT2D eigenvalue weighted by Gasteiger charge is 2.40. The molecule has 4 heteroatoms. The lowest BCUT2D eigenvalue weighted by atomic mass is 9.99. The zero-order valence-electron chi connectivity index (χ0n) is 10.6. The van der Waals surface area contributed by atoms with E-state index in [0.29, 0.717) is 6.42 Å². The van der Waals surface area contributed by atoms with E-state index in [-0.39, 0.29) is 21.8 Å². The Balaban J connectivity index is 2.74. The van der Waals surface area contributed by atoms with Crippen LogP contribution in [0, 0.1) is 0 Å². The van der Waals surface area contributed by atoms with Gasteiger partial charge in [-0.25, -0.2) is 0 Å². The lowest BCUT2D eigenvalue weighted by molar-refractivity contribution is -0.136. The molecule has 92 valence electrons. The Labute approximate surface area is 102 Å². The minimum absolute atomic E-state index is 0.0188. The van der Waals surface area contributed by atoms with Gasteiger partial charge in [0.25, 0.3) is 0 Å². The van der Waals surface area contributed by atoms with Crippen molar-refractivity contribution in [3.63, 3.8) is 0 Å². The fourth-order valence-corrected chi connectivity index (χ4v) is 3.70. The quantitative estimate of drug-likeness (QED) is 0.696. The molecule has 1 unspecified atom stereocenters. The molecule has 3 nitrogen and oxygen atoms in total. The van der Waals surface area contributed by atoms with Gasteiger partial charge in [0.05, 0.1) is 5.25 Å². The van der Waals surface area contributed by atoms with Crippen LogP contribution in [0.4, 0.5) is 0 Å². The second-order valence-electron chi connectivity index (χ2n) is 4.35. The Morgan fingerprint density at radius 3 is 2.06 bits per heavy atom. The highest BCUT2D eigenvalue weighted by molar-refractivity contribution is 8.02. The van der Waals surface area contributed by atoms with E-state index in [4.69, 9.17) is 0 Å². The van der Waals surface area contributed by atoms with Crippen LogP contribution in [-0.4, -0.2) is 33.8 Å². The average molecular weight is 243 g/mol. The first kappa shape index (κ1) is 13.6. The van der Waals surface area contributed by atoms with Crippen LogP contribution < -0.4 is 0 Å². The Hall–Kier alpha value is -0.510. The minimum atomic E-state index is -0.155. The van der Waals surface area contributed by atoms with Crippen molar-refractivity contribution in [3.8, 4) is 0 Å². The van der Waals surface area contributed by atoms with Gasteiger partial charge in [-0.05, 0) is 19.3 Å². The van der Waals surface area contributed by atoms with Crippen LogP contribution in [0.3, 0.4) is 0 Å². The van der Waals surface area contributed by atoms with Crippen molar-refractivity contribution in [1.82, 2.24) is 4.90 Å². The van der Waals surface area contributed by atoms with Gasteiger partial charge in [0, 0.05) is 18.2 Å². The molecule has 0 N–H and O–H groups in total. The first-order valence-corrected chi connectivity index (χ1v) is 6.85. The number of nitrogens with zero attached hydrogens (tertiary/aromatic N) is 1. The van der Waals surface area contributed by atoms with E-state index in [9.17, 15) is 9.59 Å². The third-order valence-electron chi connectivity index (χ3n) is 3.67. The highest BCUT2D eigenvalue weighted by Crippen LogP contribution is 2.41. The van der Waals surface area contributed by atoms with Crippen molar-refractivity contribution in [2.24, 2.45) is 0 Å². The van der Waals surface area contributed by atoms with Crippen LogP contribution in [0.2, 0.25) is 0 Å². The van der Waals surface area contributed by atoms with Gasteiger partial charge in [-0.3, -0.25) is 14.5 Å². The largest absolute Gasteiger partial charge is 0.285 e. The van der Waals surface area contributed by atoms with Gasteiger partial charge >= 0.3 is 0 Å². The molecule has 0 aliphatic carbocycles. The predicted molar refractivity (Wildman–Crippen MR) is 67.4 cm³/mol. The summed E-state index contributed by atoms with van der Waals surface area (Å²) in [7, 11) is 1.58. The molecular weight excluding hydrogens is 222 g/mol. The molecular formula is C12H21NO2S. The topological polar surface area (TPSA) is 37.4 Å². The summed E-state index contributed by atoms with van der Waals surface area (Å²) in [6.07, 6.45) is 3.52. The van der Waals surface area contributed by atoms with E-state index >= 15 is 0 Å². The van der Waals surface area contributed by atoms with E-state index in [1.807, 2.05) is 0 Å². The van der Waals surface area contributed by atoms with E-state index in [2.05, 4.69) is 20.8 Å². The average Bonchev–Trinajstić information content (AvgIpc) is 2.54. The van der Waals surface area contributed by atoms with E-state index in [1.165, 1.54) is 4.90 Å². The second kappa shape index (κ2) is 5.21. The summed E-state index contributed by atoms with van der Waals surface area (Å²) in [5, 5.41) is -0.155. The standard InChI is InChI=1S/C12H21NO2S/c1-5-12(6-2,7-3)16-9-8-10(14)13(4)11(9)15/h9H,5-8H2,1-4H3. The number of thioether (sulfide) groups is 1. The summed E-state index contributed by atoms with van der Waals surface area (Å²) >= 11 is 1.70. The number of amides is 2. The molecule has 0 saturated carbocycles. The molecule has 1 heterocycles. The molecule has 0 aromatic heterocycles. The third-order valence-corrected chi connectivity index (χ3v) is 5.68. The highest BCUT2D eigenvalue weighted by atomic mass is 32.2. The van der Waals surface area contributed by atoms with Crippen LogP contribution in [-0.2, 0) is 9.59 Å². The molecule has 0 aromatic rings. The lowest BCUT2D eigenvalue weighted by Gasteiger charge is -2.31. The number of imide groups is 1. The predicted octanol–water partition coefficient (Wildman–Crippen LogP) is 2.45. The van der Waals surface area contributed by atoms with Crippen molar-refractivity contribution in [2.45, 2.75) is 56.5 Å². The fourth-order valence-electron chi connectivity index (χ4n) is 2.12. The molecule has 1 atom stereocenters. The molecule has 1 saturated heterocycles. The van der Waals surface area contributed by atoms with Crippen LogP contribution >= 0.6 is 11.8 Å². The number of hydrogen-bond donors (Lipinski definition) is 0. The van der Waals surface area contributed by atoms with Crippen LogP contribution in [0.5, 0.6) is 0 Å². The molecule has 1 aliphatic rings. The lowest BCUT2D eigenvalue weighted by Crippen LogP contribution is -2.31. The zero-order chi connectivity index (χ0) is 12.3. The number of rotatable bonds is 5. The minimum Gasteiger partial charge on any atom is -0.285 e. The number of likely N-dealkylation sites (tertiary alicyclic amines) is 1. The van der Waals surface area contributed by atoms with Gasteiger partial charge in [0.2, 0.25) is 11.8 Å². The summed E-state index contributed by atoms with van der Waals surface area (Å²) in [6, 6.07) is 0. The van der Waals surface area contributed by atoms with Crippen molar-refractivity contribution in [3.05, 3.63) is 0 Å². The Morgan fingerprint density at radius 2 is 1.75 bits per heavy atom.